The van der Waals surface area contributed by atoms with Crippen molar-refractivity contribution in [2.75, 3.05) is 6.26 Å². The van der Waals surface area contributed by atoms with E-state index in [-0.39, 0.29) is 17.2 Å². The van der Waals surface area contributed by atoms with Gasteiger partial charge in [-0.2, -0.15) is 0 Å². The van der Waals surface area contributed by atoms with Crippen LogP contribution in [-0.4, -0.2) is 31.2 Å². The van der Waals surface area contributed by atoms with Crippen LogP contribution in [-0.2, 0) is 15.6 Å². The van der Waals surface area contributed by atoms with Crippen molar-refractivity contribution < 1.29 is 13.2 Å². The molecule has 1 aromatic carbocycles. The molecule has 0 spiro atoms. The van der Waals surface area contributed by atoms with Crippen LogP contribution in [0.5, 0.6) is 0 Å². The minimum Gasteiger partial charge on any atom is -0.357 e. The molecule has 0 aliphatic carbocycles. The van der Waals surface area contributed by atoms with Crippen LogP contribution in [0.4, 0.5) is 0 Å². The molecule has 0 heterocycles. The second kappa shape index (κ2) is 7.06. The lowest BCUT2D eigenvalue weighted by Gasteiger charge is -2.23. The molecule has 0 aliphatic heterocycles. The summed E-state index contributed by atoms with van der Waals surface area (Å²) in [5, 5.41) is 3.31. The van der Waals surface area contributed by atoms with Crippen molar-refractivity contribution in [1.82, 2.24) is 16.2 Å². The molecule has 1 aromatic rings. The number of nitrogens with one attached hydrogen (secondary N) is 3. The molecule has 8 heteroatoms. The number of hydrazine groups is 1. The first-order valence-corrected chi connectivity index (χ1v) is 9.08. The fraction of sp³-hybridized carbons (Fsp3) is 0.429. The molecule has 0 aliphatic rings. The Morgan fingerprint density at radius 2 is 1.68 bits per heavy atom. The van der Waals surface area contributed by atoms with Crippen LogP contribution >= 0.6 is 12.2 Å². The van der Waals surface area contributed by atoms with Gasteiger partial charge < -0.3 is 5.32 Å². The van der Waals surface area contributed by atoms with E-state index in [1.165, 1.54) is 6.26 Å². The standard InChI is InChI=1S/C14H21N3O3S2/c1-14(2,3)15-13(21)17-16-12(18)11-7-5-10(6-8-11)9-22(4,19)20/h5-8H,9H2,1-4H3,(H,16,18)(H2,15,17,21). The molecule has 0 radical (unpaired) electrons. The highest BCUT2D eigenvalue weighted by Crippen LogP contribution is 2.07. The van der Waals surface area contributed by atoms with Gasteiger partial charge in [0.1, 0.15) is 0 Å². The summed E-state index contributed by atoms with van der Waals surface area (Å²) in [7, 11) is -3.09. The molecular formula is C14H21N3O3S2. The molecule has 0 unspecified atom stereocenters. The number of carbonyl (C=O) groups is 1. The minimum absolute atomic E-state index is 0.0489. The van der Waals surface area contributed by atoms with Crippen LogP contribution in [0.2, 0.25) is 0 Å². The molecular weight excluding hydrogens is 322 g/mol. The Bertz CT molecular complexity index is 647. The molecule has 0 fully saturated rings. The molecule has 1 rings (SSSR count). The number of thiocarbonyl (C=S) groups is 1. The summed E-state index contributed by atoms with van der Waals surface area (Å²) in [6, 6.07) is 6.36. The van der Waals surface area contributed by atoms with Gasteiger partial charge in [0.05, 0.1) is 5.75 Å². The van der Waals surface area contributed by atoms with Crippen molar-refractivity contribution in [3.05, 3.63) is 35.4 Å². The second-order valence-corrected chi connectivity index (χ2v) is 8.60. The molecule has 0 saturated carbocycles. The third kappa shape index (κ3) is 7.37. The molecule has 3 N–H and O–H groups in total. The monoisotopic (exact) mass is 343 g/mol. The zero-order valence-electron chi connectivity index (χ0n) is 13.1. The maximum absolute atomic E-state index is 11.9. The van der Waals surface area contributed by atoms with E-state index in [2.05, 4.69) is 16.2 Å². The lowest BCUT2D eigenvalue weighted by molar-refractivity contribution is 0.0943. The van der Waals surface area contributed by atoms with E-state index in [9.17, 15) is 13.2 Å². The van der Waals surface area contributed by atoms with Crippen LogP contribution in [0, 0.1) is 0 Å². The summed E-state index contributed by atoms with van der Waals surface area (Å²) in [6.07, 6.45) is 1.17. The number of sulfone groups is 1. The van der Waals surface area contributed by atoms with Crippen molar-refractivity contribution in [3.8, 4) is 0 Å². The molecule has 0 aromatic heterocycles. The fourth-order valence-electron chi connectivity index (χ4n) is 1.61. The van der Waals surface area contributed by atoms with Crippen molar-refractivity contribution in [3.63, 3.8) is 0 Å². The Balaban J connectivity index is 2.58. The Morgan fingerprint density at radius 1 is 1.14 bits per heavy atom. The Labute approximate surface area is 136 Å². The van der Waals surface area contributed by atoms with E-state index in [0.717, 1.165) is 0 Å². The minimum atomic E-state index is -3.09. The zero-order valence-corrected chi connectivity index (χ0v) is 14.7. The molecule has 1 amide bonds. The van der Waals surface area contributed by atoms with Gasteiger partial charge in [-0.15, -0.1) is 0 Å². The van der Waals surface area contributed by atoms with Crippen molar-refractivity contribution >= 4 is 33.1 Å². The summed E-state index contributed by atoms with van der Waals surface area (Å²) in [4.78, 5) is 11.9. The maximum Gasteiger partial charge on any atom is 0.269 e. The number of rotatable bonds is 3. The van der Waals surface area contributed by atoms with Gasteiger partial charge in [0, 0.05) is 17.4 Å². The zero-order chi connectivity index (χ0) is 17.0. The molecule has 0 saturated heterocycles. The average molecular weight is 343 g/mol. The van der Waals surface area contributed by atoms with Crippen LogP contribution < -0.4 is 16.2 Å². The number of hydrogen-bond acceptors (Lipinski definition) is 4. The maximum atomic E-state index is 11.9. The SMILES string of the molecule is CC(C)(C)NC(=S)NNC(=O)c1ccc(CS(C)(=O)=O)cc1. The van der Waals surface area contributed by atoms with Crippen LogP contribution in [0.25, 0.3) is 0 Å². The number of hydrogen-bond donors (Lipinski definition) is 3. The van der Waals surface area contributed by atoms with Gasteiger partial charge in [0.2, 0.25) is 0 Å². The second-order valence-electron chi connectivity index (χ2n) is 6.05. The van der Waals surface area contributed by atoms with Crippen molar-refractivity contribution in [2.24, 2.45) is 0 Å². The van der Waals surface area contributed by atoms with Gasteiger partial charge in [0.25, 0.3) is 5.91 Å². The highest BCUT2D eigenvalue weighted by molar-refractivity contribution is 7.89. The lowest BCUT2D eigenvalue weighted by Crippen LogP contribution is -2.52. The van der Waals surface area contributed by atoms with Crippen molar-refractivity contribution in [2.45, 2.75) is 32.1 Å². The first-order valence-electron chi connectivity index (χ1n) is 6.61. The van der Waals surface area contributed by atoms with E-state index in [0.29, 0.717) is 16.2 Å². The van der Waals surface area contributed by atoms with E-state index in [1.807, 2.05) is 20.8 Å². The first-order chi connectivity index (χ1) is 9.96. The predicted molar refractivity (Wildman–Crippen MR) is 91.1 cm³/mol. The van der Waals surface area contributed by atoms with Gasteiger partial charge in [-0.05, 0) is 50.7 Å². The Hall–Kier alpha value is -1.67. The third-order valence-corrected chi connectivity index (χ3v) is 3.48. The largest absolute Gasteiger partial charge is 0.357 e. The summed E-state index contributed by atoms with van der Waals surface area (Å²) in [6.45, 7) is 5.84. The first kappa shape index (κ1) is 18.4. The van der Waals surface area contributed by atoms with Gasteiger partial charge in [0.15, 0.2) is 14.9 Å². The highest BCUT2D eigenvalue weighted by Gasteiger charge is 2.12. The smallest absolute Gasteiger partial charge is 0.269 e. The summed E-state index contributed by atoms with van der Waals surface area (Å²) >= 11 is 5.05. The normalized spacial score (nSPS) is 11.6. The van der Waals surface area contributed by atoms with E-state index >= 15 is 0 Å². The quantitative estimate of drug-likeness (QED) is 0.563. The topological polar surface area (TPSA) is 87.3 Å². The molecule has 0 atom stereocenters. The number of benzene rings is 1. The van der Waals surface area contributed by atoms with Crippen LogP contribution in [0.15, 0.2) is 24.3 Å². The highest BCUT2D eigenvalue weighted by atomic mass is 32.2. The summed E-state index contributed by atoms with van der Waals surface area (Å²) < 4.78 is 22.4. The summed E-state index contributed by atoms with van der Waals surface area (Å²) in [5.74, 6) is -0.406. The molecule has 122 valence electrons. The van der Waals surface area contributed by atoms with Gasteiger partial charge in [-0.3, -0.25) is 15.6 Å². The number of amides is 1. The average Bonchev–Trinajstić information content (AvgIpc) is 2.33. The third-order valence-electron chi connectivity index (χ3n) is 2.42. The van der Waals surface area contributed by atoms with Gasteiger partial charge >= 0.3 is 0 Å². The molecule has 6 nitrogen and oxygen atoms in total. The van der Waals surface area contributed by atoms with Gasteiger partial charge in [-0.1, -0.05) is 12.1 Å². The van der Waals surface area contributed by atoms with Crippen LogP contribution in [0.1, 0.15) is 36.7 Å². The van der Waals surface area contributed by atoms with Crippen molar-refractivity contribution in [1.29, 1.82) is 0 Å². The lowest BCUT2D eigenvalue weighted by atomic mass is 10.1. The van der Waals surface area contributed by atoms with Crippen LogP contribution in [0.3, 0.4) is 0 Å². The molecule has 22 heavy (non-hydrogen) atoms. The van der Waals surface area contributed by atoms with E-state index in [1.54, 1.807) is 24.3 Å². The fourth-order valence-corrected chi connectivity index (χ4v) is 2.77. The van der Waals surface area contributed by atoms with E-state index < -0.39 is 9.84 Å². The Kier molecular flexibility index (Phi) is 5.90. The summed E-state index contributed by atoms with van der Waals surface area (Å²) in [5.41, 5.74) is 5.93. The predicted octanol–water partition coefficient (Wildman–Crippen LogP) is 1.14. The molecule has 0 bridgehead atoms. The Morgan fingerprint density at radius 3 is 2.14 bits per heavy atom. The van der Waals surface area contributed by atoms with Gasteiger partial charge in [-0.25, -0.2) is 8.42 Å². The number of carbonyl (C=O) groups excluding carboxylic acids is 1. The van der Waals surface area contributed by atoms with E-state index in [4.69, 9.17) is 12.2 Å².